The lowest BCUT2D eigenvalue weighted by Gasteiger charge is -2.20. The first-order valence-corrected chi connectivity index (χ1v) is 6.66. The second-order valence-corrected chi connectivity index (χ2v) is 5.81. The Labute approximate surface area is 89.7 Å². The van der Waals surface area contributed by atoms with Crippen molar-refractivity contribution in [2.45, 2.75) is 24.5 Å². The number of rotatable bonds is 4. The topological polar surface area (TPSA) is 69.7 Å². The highest BCUT2D eigenvalue weighted by Gasteiger charge is 2.35. The summed E-state index contributed by atoms with van der Waals surface area (Å²) in [6.45, 7) is 0.403. The van der Waals surface area contributed by atoms with E-state index in [0.717, 1.165) is 6.42 Å². The average molecular weight is 236 g/mol. The Bertz CT molecular complexity index is 308. The van der Waals surface area contributed by atoms with Crippen molar-refractivity contribution in [3.05, 3.63) is 0 Å². The van der Waals surface area contributed by atoms with Crippen molar-refractivity contribution >= 4 is 15.8 Å². The fourth-order valence-electron chi connectivity index (χ4n) is 1.54. The quantitative estimate of drug-likeness (QED) is 0.513. The second-order valence-electron chi connectivity index (χ2n) is 3.51. The third kappa shape index (κ3) is 3.46. The minimum absolute atomic E-state index is 0.0943. The van der Waals surface area contributed by atoms with Crippen LogP contribution in [0, 0.1) is 0 Å². The molecule has 1 rings (SSSR count). The van der Waals surface area contributed by atoms with Crippen LogP contribution in [0.5, 0.6) is 0 Å². The van der Waals surface area contributed by atoms with Gasteiger partial charge < -0.3 is 9.47 Å². The van der Waals surface area contributed by atoms with E-state index < -0.39 is 21.1 Å². The Morgan fingerprint density at radius 1 is 1.33 bits per heavy atom. The van der Waals surface area contributed by atoms with Crippen molar-refractivity contribution in [1.82, 2.24) is 0 Å². The lowest BCUT2D eigenvalue weighted by molar-refractivity contribution is -0.144. The van der Waals surface area contributed by atoms with Gasteiger partial charge in [0.25, 0.3) is 0 Å². The monoisotopic (exact) mass is 236 g/mol. The highest BCUT2D eigenvalue weighted by atomic mass is 32.2. The molecule has 6 heteroatoms. The largest absolute Gasteiger partial charge is 0.462 e. The molecule has 0 amide bonds. The van der Waals surface area contributed by atoms with Gasteiger partial charge in [0.2, 0.25) is 0 Å². The summed E-state index contributed by atoms with van der Waals surface area (Å²) in [6, 6.07) is 0. The van der Waals surface area contributed by atoms with Gasteiger partial charge in [-0.1, -0.05) is 6.42 Å². The van der Waals surface area contributed by atoms with Crippen LogP contribution >= 0.6 is 0 Å². The maximum absolute atomic E-state index is 11.5. The third-order valence-corrected chi connectivity index (χ3v) is 4.53. The molecule has 0 N–H and O–H groups in total. The van der Waals surface area contributed by atoms with Crippen molar-refractivity contribution < 1.29 is 22.7 Å². The molecule has 1 atom stereocenters. The first-order chi connectivity index (χ1) is 7.08. The first-order valence-electron chi connectivity index (χ1n) is 4.95. The van der Waals surface area contributed by atoms with E-state index in [4.69, 9.17) is 9.47 Å². The zero-order valence-corrected chi connectivity index (χ0v) is 9.59. The van der Waals surface area contributed by atoms with Crippen LogP contribution in [0.4, 0.5) is 0 Å². The smallest absolute Gasteiger partial charge is 0.324 e. The van der Waals surface area contributed by atoms with Gasteiger partial charge in [0.05, 0.1) is 12.4 Å². The molecule has 1 aliphatic rings. The van der Waals surface area contributed by atoms with Gasteiger partial charge in [-0.25, -0.2) is 8.42 Å². The highest BCUT2D eigenvalue weighted by Crippen LogP contribution is 2.20. The molecule has 0 unspecified atom stereocenters. The van der Waals surface area contributed by atoms with Crippen LogP contribution in [0.2, 0.25) is 0 Å². The predicted octanol–water partition coefficient (Wildman–Crippen LogP) is 0.143. The molecule has 0 aromatic heterocycles. The highest BCUT2D eigenvalue weighted by molar-refractivity contribution is 7.92. The van der Waals surface area contributed by atoms with Crippen molar-refractivity contribution in [3.8, 4) is 0 Å². The standard InChI is InChI=1S/C9H16O5S/c1-13-5-6-14-9(10)8-4-2-3-7-15(8,11)12/h8H,2-7H2,1H3/t8-/m0/s1. The van der Waals surface area contributed by atoms with Crippen LogP contribution in [0.3, 0.4) is 0 Å². The molecule has 88 valence electrons. The Hall–Kier alpha value is -0.620. The average Bonchev–Trinajstić information content (AvgIpc) is 2.17. The Balaban J connectivity index is 2.50. The van der Waals surface area contributed by atoms with Crippen molar-refractivity contribution in [2.24, 2.45) is 0 Å². The first kappa shape index (κ1) is 12.4. The molecule has 1 aliphatic heterocycles. The Morgan fingerprint density at radius 3 is 2.67 bits per heavy atom. The van der Waals surface area contributed by atoms with E-state index in [1.54, 1.807) is 0 Å². The fourth-order valence-corrected chi connectivity index (χ4v) is 3.32. The van der Waals surface area contributed by atoms with E-state index in [1.807, 2.05) is 0 Å². The van der Waals surface area contributed by atoms with Gasteiger partial charge in [0.1, 0.15) is 6.61 Å². The summed E-state index contributed by atoms with van der Waals surface area (Å²) in [5.41, 5.74) is 0. The van der Waals surface area contributed by atoms with Gasteiger partial charge in [-0.15, -0.1) is 0 Å². The van der Waals surface area contributed by atoms with E-state index >= 15 is 0 Å². The summed E-state index contributed by atoms with van der Waals surface area (Å²) in [5, 5.41) is -0.955. The molecule has 0 aromatic carbocycles. The Morgan fingerprint density at radius 2 is 2.07 bits per heavy atom. The van der Waals surface area contributed by atoms with E-state index in [-0.39, 0.29) is 12.4 Å². The maximum atomic E-state index is 11.5. The van der Waals surface area contributed by atoms with Gasteiger partial charge in [-0.05, 0) is 12.8 Å². The summed E-state index contributed by atoms with van der Waals surface area (Å²) in [4.78, 5) is 11.4. The van der Waals surface area contributed by atoms with Crippen LogP contribution < -0.4 is 0 Å². The van der Waals surface area contributed by atoms with Crippen LogP contribution in [-0.2, 0) is 24.1 Å². The van der Waals surface area contributed by atoms with Crippen LogP contribution in [0.25, 0.3) is 0 Å². The summed E-state index contributed by atoms with van der Waals surface area (Å²) in [5.74, 6) is -0.538. The normalized spacial score (nSPS) is 24.7. The molecule has 0 saturated carbocycles. The summed E-state index contributed by atoms with van der Waals surface area (Å²) < 4.78 is 32.6. The molecule has 15 heavy (non-hydrogen) atoms. The molecular formula is C9H16O5S. The molecule has 0 radical (unpaired) electrons. The van der Waals surface area contributed by atoms with E-state index in [9.17, 15) is 13.2 Å². The van der Waals surface area contributed by atoms with Gasteiger partial charge in [0, 0.05) is 7.11 Å². The molecule has 0 bridgehead atoms. The number of esters is 1. The van der Waals surface area contributed by atoms with Gasteiger partial charge in [0.15, 0.2) is 15.1 Å². The second kappa shape index (κ2) is 5.46. The zero-order valence-electron chi connectivity index (χ0n) is 8.77. The number of hydrogen-bond donors (Lipinski definition) is 0. The molecule has 5 nitrogen and oxygen atoms in total. The molecular weight excluding hydrogens is 220 g/mol. The zero-order chi connectivity index (χ0) is 11.3. The summed E-state index contributed by atoms with van der Waals surface area (Å²) in [7, 11) is -1.78. The maximum Gasteiger partial charge on any atom is 0.324 e. The fraction of sp³-hybridized carbons (Fsp3) is 0.889. The third-order valence-electron chi connectivity index (χ3n) is 2.37. The lowest BCUT2D eigenvalue weighted by Crippen LogP contribution is -2.37. The predicted molar refractivity (Wildman–Crippen MR) is 54.3 cm³/mol. The molecule has 1 heterocycles. The number of methoxy groups -OCH3 is 1. The van der Waals surface area contributed by atoms with Crippen molar-refractivity contribution in [2.75, 3.05) is 26.1 Å². The molecule has 0 spiro atoms. The number of hydrogen-bond acceptors (Lipinski definition) is 5. The number of carbonyl (C=O) groups excluding carboxylic acids is 1. The molecule has 0 aliphatic carbocycles. The Kier molecular flexibility index (Phi) is 4.53. The minimum Gasteiger partial charge on any atom is -0.462 e. The van der Waals surface area contributed by atoms with Crippen molar-refractivity contribution in [1.29, 1.82) is 0 Å². The molecule has 1 fully saturated rings. The van der Waals surface area contributed by atoms with Crippen molar-refractivity contribution in [3.63, 3.8) is 0 Å². The minimum atomic E-state index is -3.28. The van der Waals surface area contributed by atoms with Crippen LogP contribution in [0.1, 0.15) is 19.3 Å². The summed E-state index contributed by atoms with van der Waals surface area (Å²) >= 11 is 0. The summed E-state index contributed by atoms with van der Waals surface area (Å²) in [6.07, 6.45) is 1.79. The van der Waals surface area contributed by atoms with Crippen LogP contribution in [0.15, 0.2) is 0 Å². The molecule has 0 aromatic rings. The van der Waals surface area contributed by atoms with E-state index in [2.05, 4.69) is 0 Å². The van der Waals surface area contributed by atoms with E-state index in [0.29, 0.717) is 19.4 Å². The van der Waals surface area contributed by atoms with Gasteiger partial charge >= 0.3 is 5.97 Å². The number of sulfone groups is 1. The molecule has 1 saturated heterocycles. The van der Waals surface area contributed by atoms with Gasteiger partial charge in [-0.2, -0.15) is 0 Å². The van der Waals surface area contributed by atoms with E-state index in [1.165, 1.54) is 7.11 Å². The number of ether oxygens (including phenoxy) is 2. The van der Waals surface area contributed by atoms with Crippen LogP contribution in [-0.4, -0.2) is 45.7 Å². The SMILES string of the molecule is COCCOC(=O)[C@@H]1CCCCS1(=O)=O. The number of carbonyl (C=O) groups is 1. The van der Waals surface area contributed by atoms with Gasteiger partial charge in [-0.3, -0.25) is 4.79 Å². The lowest BCUT2D eigenvalue weighted by atomic mass is 10.2.